The van der Waals surface area contributed by atoms with Gasteiger partial charge in [-0.2, -0.15) is 11.8 Å². The number of amides is 3. The lowest BCUT2D eigenvalue weighted by Gasteiger charge is -2.28. The van der Waals surface area contributed by atoms with E-state index in [-0.39, 0.29) is 18.0 Å². The quantitative estimate of drug-likeness (QED) is 0.880. The summed E-state index contributed by atoms with van der Waals surface area (Å²) in [5.74, 6) is 2.10. The van der Waals surface area contributed by atoms with Crippen LogP contribution in [-0.2, 0) is 11.2 Å². The highest BCUT2D eigenvalue weighted by molar-refractivity contribution is 7.99. The molecule has 6 heteroatoms. The Morgan fingerprint density at radius 1 is 1.32 bits per heavy atom. The number of hydrogen-bond donors (Lipinski definition) is 2. The summed E-state index contributed by atoms with van der Waals surface area (Å²) < 4.78 is 0. The molecule has 118 valence electrons. The number of fused-ring (bicyclic) bond motifs is 1. The number of benzene rings is 1. The van der Waals surface area contributed by atoms with Gasteiger partial charge in [0.05, 0.1) is 6.04 Å². The average Bonchev–Trinajstić information content (AvgIpc) is 2.55. The van der Waals surface area contributed by atoms with Crippen LogP contribution in [0.25, 0.3) is 0 Å². The molecular formula is C16H21N3O2S. The molecule has 0 unspecified atom stereocenters. The first-order valence-electron chi connectivity index (χ1n) is 7.69. The second kappa shape index (κ2) is 6.60. The number of nitrogens with zero attached hydrogens (tertiary/aromatic N) is 1. The first-order chi connectivity index (χ1) is 10.6. The number of nitrogens with one attached hydrogen (secondary N) is 2. The molecular weight excluding hydrogens is 298 g/mol. The van der Waals surface area contributed by atoms with Gasteiger partial charge in [-0.1, -0.05) is 12.1 Å². The van der Waals surface area contributed by atoms with Crippen molar-refractivity contribution in [1.29, 1.82) is 0 Å². The predicted octanol–water partition coefficient (Wildman–Crippen LogP) is 2.39. The summed E-state index contributed by atoms with van der Waals surface area (Å²) in [7, 11) is 0. The fourth-order valence-electron chi connectivity index (χ4n) is 2.80. The van der Waals surface area contributed by atoms with E-state index in [9.17, 15) is 9.59 Å². The lowest BCUT2D eigenvalue weighted by Crippen LogP contribution is -2.45. The minimum atomic E-state index is -0.0370. The molecule has 5 nitrogen and oxygen atoms in total. The first-order valence-corrected chi connectivity index (χ1v) is 8.85. The highest BCUT2D eigenvalue weighted by Gasteiger charge is 2.20. The molecule has 2 aliphatic heterocycles. The normalized spacial score (nSPS) is 19.1. The van der Waals surface area contributed by atoms with Gasteiger partial charge in [0.1, 0.15) is 0 Å². The van der Waals surface area contributed by atoms with Crippen molar-refractivity contribution in [2.75, 3.05) is 29.9 Å². The molecule has 1 saturated heterocycles. The smallest absolute Gasteiger partial charge is 0.317 e. The number of carbonyl (C=O) groups excluding carboxylic acids is 2. The third kappa shape index (κ3) is 3.38. The Morgan fingerprint density at radius 3 is 2.86 bits per heavy atom. The van der Waals surface area contributed by atoms with E-state index < -0.39 is 0 Å². The van der Waals surface area contributed by atoms with E-state index in [2.05, 4.69) is 16.7 Å². The molecule has 0 saturated carbocycles. The Morgan fingerprint density at radius 2 is 2.09 bits per heavy atom. The van der Waals surface area contributed by atoms with Crippen molar-refractivity contribution >= 4 is 29.4 Å². The first kappa shape index (κ1) is 15.2. The Hall–Kier alpha value is -1.69. The van der Waals surface area contributed by atoms with Gasteiger partial charge in [0.2, 0.25) is 5.91 Å². The molecule has 1 aromatic rings. The number of thioether (sulfide) groups is 1. The molecule has 0 radical (unpaired) electrons. The van der Waals surface area contributed by atoms with Gasteiger partial charge >= 0.3 is 6.03 Å². The van der Waals surface area contributed by atoms with Gasteiger partial charge in [-0.3, -0.25) is 4.79 Å². The van der Waals surface area contributed by atoms with Crippen LogP contribution in [0.2, 0.25) is 0 Å². The Kier molecular flexibility index (Phi) is 4.57. The van der Waals surface area contributed by atoms with Crippen molar-refractivity contribution < 1.29 is 9.59 Å². The second-order valence-corrected chi connectivity index (χ2v) is 6.96. The maximum absolute atomic E-state index is 12.3. The molecule has 2 N–H and O–H groups in total. The topological polar surface area (TPSA) is 61.4 Å². The molecule has 1 fully saturated rings. The van der Waals surface area contributed by atoms with Crippen LogP contribution < -0.4 is 10.6 Å². The maximum Gasteiger partial charge on any atom is 0.317 e. The molecule has 0 spiro atoms. The van der Waals surface area contributed by atoms with Gasteiger partial charge in [0.25, 0.3) is 0 Å². The molecule has 3 amide bonds. The van der Waals surface area contributed by atoms with Crippen LogP contribution in [0.15, 0.2) is 18.2 Å². The van der Waals surface area contributed by atoms with Crippen LogP contribution in [0, 0.1) is 0 Å². The van der Waals surface area contributed by atoms with Gasteiger partial charge in [-0.15, -0.1) is 0 Å². The lowest BCUT2D eigenvalue weighted by atomic mass is 9.98. The average molecular weight is 319 g/mol. The summed E-state index contributed by atoms with van der Waals surface area (Å²) >= 11 is 1.89. The summed E-state index contributed by atoms with van der Waals surface area (Å²) in [6.07, 6.45) is 1.29. The molecule has 22 heavy (non-hydrogen) atoms. The molecule has 0 bridgehead atoms. The number of carbonyl (C=O) groups is 2. The lowest BCUT2D eigenvalue weighted by molar-refractivity contribution is -0.116. The van der Waals surface area contributed by atoms with E-state index >= 15 is 0 Å². The predicted molar refractivity (Wildman–Crippen MR) is 89.2 cm³/mol. The summed E-state index contributed by atoms with van der Waals surface area (Å²) in [4.78, 5) is 25.5. The zero-order valence-corrected chi connectivity index (χ0v) is 13.5. The van der Waals surface area contributed by atoms with Crippen LogP contribution in [0.5, 0.6) is 0 Å². The van der Waals surface area contributed by atoms with E-state index in [1.165, 1.54) is 0 Å². The third-order valence-corrected chi connectivity index (χ3v) is 5.11. The summed E-state index contributed by atoms with van der Waals surface area (Å²) in [6.45, 7) is 3.64. The van der Waals surface area contributed by atoms with Gasteiger partial charge in [0, 0.05) is 36.7 Å². The SMILES string of the molecule is C[C@H](NC(=O)N1CCSCC1)c1ccc2c(c1)CCC(=O)N2. The molecule has 3 rings (SSSR count). The Balaban J connectivity index is 1.65. The fourth-order valence-corrected chi connectivity index (χ4v) is 3.70. The van der Waals surface area contributed by atoms with E-state index in [0.29, 0.717) is 6.42 Å². The van der Waals surface area contributed by atoms with Crippen molar-refractivity contribution in [3.05, 3.63) is 29.3 Å². The standard InChI is InChI=1S/C16H21N3O2S/c1-11(17-16(21)19-6-8-22-9-7-19)12-2-4-14-13(10-12)3-5-15(20)18-14/h2,4,10-11H,3,5-9H2,1H3,(H,17,21)(H,18,20)/t11-/m0/s1. The summed E-state index contributed by atoms with van der Waals surface area (Å²) in [6, 6.07) is 5.97. The summed E-state index contributed by atoms with van der Waals surface area (Å²) in [5, 5.41) is 5.95. The van der Waals surface area contributed by atoms with Crippen LogP contribution in [0.1, 0.15) is 30.5 Å². The van der Waals surface area contributed by atoms with Crippen molar-refractivity contribution in [3.63, 3.8) is 0 Å². The molecule has 2 aliphatic rings. The van der Waals surface area contributed by atoms with Crippen molar-refractivity contribution in [2.24, 2.45) is 0 Å². The van der Waals surface area contributed by atoms with E-state index in [1.807, 2.05) is 35.7 Å². The Bertz CT molecular complexity index is 585. The van der Waals surface area contributed by atoms with Gasteiger partial charge in [-0.05, 0) is 30.5 Å². The highest BCUT2D eigenvalue weighted by Crippen LogP contribution is 2.26. The van der Waals surface area contributed by atoms with E-state index in [0.717, 1.165) is 47.8 Å². The zero-order valence-electron chi connectivity index (χ0n) is 12.7. The molecule has 1 aromatic carbocycles. The van der Waals surface area contributed by atoms with Crippen LogP contribution in [0.3, 0.4) is 0 Å². The van der Waals surface area contributed by atoms with Gasteiger partial charge < -0.3 is 15.5 Å². The molecule has 2 heterocycles. The highest BCUT2D eigenvalue weighted by atomic mass is 32.2. The third-order valence-electron chi connectivity index (χ3n) is 4.16. The number of hydrogen-bond acceptors (Lipinski definition) is 3. The molecule has 0 aromatic heterocycles. The largest absolute Gasteiger partial charge is 0.331 e. The van der Waals surface area contributed by atoms with Gasteiger partial charge in [-0.25, -0.2) is 4.79 Å². The zero-order chi connectivity index (χ0) is 15.5. The minimum absolute atomic E-state index is 0.0128. The monoisotopic (exact) mass is 319 g/mol. The van der Waals surface area contributed by atoms with E-state index in [4.69, 9.17) is 0 Å². The van der Waals surface area contributed by atoms with Crippen molar-refractivity contribution in [1.82, 2.24) is 10.2 Å². The maximum atomic E-state index is 12.3. The number of aryl methyl sites for hydroxylation is 1. The van der Waals surface area contributed by atoms with Crippen LogP contribution in [-0.4, -0.2) is 41.4 Å². The Labute approximate surface area is 134 Å². The second-order valence-electron chi connectivity index (χ2n) is 5.74. The number of anilines is 1. The van der Waals surface area contributed by atoms with Gasteiger partial charge in [0.15, 0.2) is 0 Å². The fraction of sp³-hybridized carbons (Fsp3) is 0.500. The molecule has 1 atom stereocenters. The minimum Gasteiger partial charge on any atom is -0.331 e. The van der Waals surface area contributed by atoms with Crippen molar-refractivity contribution in [3.8, 4) is 0 Å². The number of urea groups is 1. The van der Waals surface area contributed by atoms with E-state index in [1.54, 1.807) is 0 Å². The number of rotatable bonds is 2. The summed E-state index contributed by atoms with van der Waals surface area (Å²) in [5.41, 5.74) is 3.12. The van der Waals surface area contributed by atoms with Crippen LogP contribution in [0.4, 0.5) is 10.5 Å². The van der Waals surface area contributed by atoms with Crippen molar-refractivity contribution in [2.45, 2.75) is 25.8 Å². The molecule has 0 aliphatic carbocycles. The van der Waals surface area contributed by atoms with Crippen LogP contribution >= 0.6 is 11.8 Å².